The Balaban J connectivity index is 2.48. The predicted molar refractivity (Wildman–Crippen MR) is 60.4 cm³/mol. The fourth-order valence-corrected chi connectivity index (χ4v) is 1.55. The van der Waals surface area contributed by atoms with Crippen molar-refractivity contribution < 1.29 is 4.42 Å². The van der Waals surface area contributed by atoms with Crippen LogP contribution in [0, 0.1) is 0 Å². The highest BCUT2D eigenvalue weighted by Crippen LogP contribution is 2.21. The van der Waals surface area contributed by atoms with Crippen molar-refractivity contribution in [2.45, 2.75) is 26.2 Å². The van der Waals surface area contributed by atoms with Crippen LogP contribution in [0.15, 0.2) is 21.5 Å². The van der Waals surface area contributed by atoms with E-state index in [0.29, 0.717) is 5.82 Å². The first-order chi connectivity index (χ1) is 7.47. The summed E-state index contributed by atoms with van der Waals surface area (Å²) in [6.45, 7) is 6.16. The van der Waals surface area contributed by atoms with Gasteiger partial charge in [-0.3, -0.25) is 0 Å². The molecule has 6 heteroatoms. The van der Waals surface area contributed by atoms with Crippen molar-refractivity contribution in [3.8, 4) is 11.7 Å². The average molecular weight is 237 g/mol. The van der Waals surface area contributed by atoms with Crippen LogP contribution in [0.4, 0.5) is 0 Å². The molecule has 2 rings (SSSR count). The van der Waals surface area contributed by atoms with Crippen LogP contribution in [0.1, 0.15) is 26.5 Å². The molecule has 2 heterocycles. The lowest BCUT2D eigenvalue weighted by molar-refractivity contribution is 0.532. The van der Waals surface area contributed by atoms with Crippen molar-refractivity contribution in [1.82, 2.24) is 14.3 Å². The van der Waals surface area contributed by atoms with Crippen molar-refractivity contribution in [3.05, 3.63) is 27.7 Å². The highest BCUT2D eigenvalue weighted by Gasteiger charge is 2.18. The summed E-state index contributed by atoms with van der Waals surface area (Å²) in [5, 5.41) is 0. The van der Waals surface area contributed by atoms with E-state index >= 15 is 0 Å². The lowest BCUT2D eigenvalue weighted by Crippen LogP contribution is -2.14. The molecule has 0 saturated heterocycles. The second-order valence-corrected chi connectivity index (χ2v) is 5.05. The predicted octanol–water partition coefficient (Wildman–Crippen LogP) is 1.85. The maximum atomic E-state index is 10.9. The van der Waals surface area contributed by atoms with Crippen LogP contribution in [0.2, 0.25) is 0 Å². The fourth-order valence-electron chi connectivity index (χ4n) is 1.16. The molecule has 0 radical (unpaired) electrons. The van der Waals surface area contributed by atoms with Crippen molar-refractivity contribution >= 4 is 11.5 Å². The Labute approximate surface area is 96.4 Å². The summed E-state index contributed by atoms with van der Waals surface area (Å²) in [7, 11) is 0. The van der Waals surface area contributed by atoms with Crippen LogP contribution in [-0.4, -0.2) is 14.3 Å². The third-order valence-corrected chi connectivity index (χ3v) is 2.49. The Morgan fingerprint density at radius 2 is 2.12 bits per heavy atom. The molecule has 16 heavy (non-hydrogen) atoms. The Morgan fingerprint density at radius 1 is 1.38 bits per heavy atom. The van der Waals surface area contributed by atoms with Gasteiger partial charge in [-0.2, -0.15) is 0 Å². The van der Waals surface area contributed by atoms with Gasteiger partial charge in [-0.05, 0) is 6.07 Å². The second kappa shape index (κ2) is 3.79. The molecule has 0 N–H and O–H groups in total. The van der Waals surface area contributed by atoms with Gasteiger partial charge in [0.2, 0.25) is 5.82 Å². The first kappa shape index (κ1) is 10.9. The van der Waals surface area contributed by atoms with Crippen molar-refractivity contribution in [3.63, 3.8) is 0 Å². The number of rotatable bonds is 1. The zero-order chi connectivity index (χ0) is 11.8. The lowest BCUT2D eigenvalue weighted by atomic mass is 9.92. The summed E-state index contributed by atoms with van der Waals surface area (Å²) in [6, 6.07) is 1.84. The Kier molecular flexibility index (Phi) is 2.59. The number of hydrogen-bond donors (Lipinski definition) is 0. The molecule has 0 aromatic carbocycles. The van der Waals surface area contributed by atoms with E-state index in [4.69, 9.17) is 4.42 Å². The normalized spacial score (nSPS) is 11.7. The van der Waals surface area contributed by atoms with Gasteiger partial charge in [0.15, 0.2) is 0 Å². The first-order valence-electron chi connectivity index (χ1n) is 4.77. The second-order valence-electron chi connectivity index (χ2n) is 4.36. The smallest absolute Gasteiger partial charge is 0.390 e. The highest BCUT2D eigenvalue weighted by molar-refractivity contribution is 7.02. The van der Waals surface area contributed by atoms with Crippen molar-refractivity contribution in [2.75, 3.05) is 0 Å². The molecule has 0 unspecified atom stereocenters. The molecular formula is C10H11N3O2S. The summed E-state index contributed by atoms with van der Waals surface area (Å²) in [6.07, 6.45) is 1.64. The van der Waals surface area contributed by atoms with Crippen LogP contribution >= 0.6 is 11.5 Å². The lowest BCUT2D eigenvalue weighted by Gasteiger charge is -2.17. The molecule has 0 bridgehead atoms. The summed E-state index contributed by atoms with van der Waals surface area (Å²) < 4.78 is 8.71. The summed E-state index contributed by atoms with van der Waals surface area (Å²) in [4.78, 5) is 18.8. The largest absolute Gasteiger partial charge is 0.414 e. The summed E-state index contributed by atoms with van der Waals surface area (Å²) >= 11 is 0.760. The zero-order valence-electron chi connectivity index (χ0n) is 9.22. The van der Waals surface area contributed by atoms with Gasteiger partial charge in [0.25, 0.3) is 5.89 Å². The molecule has 0 aliphatic heterocycles. The Hall–Kier alpha value is -1.56. The first-order valence-corrected chi connectivity index (χ1v) is 5.55. The molecule has 2 aromatic heterocycles. The van der Waals surface area contributed by atoms with E-state index < -0.39 is 4.94 Å². The molecule has 0 atom stereocenters. The molecule has 0 amide bonds. The summed E-state index contributed by atoms with van der Waals surface area (Å²) in [5.74, 6) is 0.534. The van der Waals surface area contributed by atoms with Crippen molar-refractivity contribution in [2.24, 2.45) is 0 Å². The van der Waals surface area contributed by atoms with Gasteiger partial charge in [0, 0.05) is 17.3 Å². The number of hydrogen-bond acceptors (Lipinski definition) is 6. The van der Waals surface area contributed by atoms with Crippen molar-refractivity contribution in [1.29, 1.82) is 0 Å². The Morgan fingerprint density at radius 3 is 2.69 bits per heavy atom. The summed E-state index contributed by atoms with van der Waals surface area (Å²) in [5.41, 5.74) is 0.807. The van der Waals surface area contributed by atoms with Crippen LogP contribution in [0.3, 0.4) is 0 Å². The van der Waals surface area contributed by atoms with Gasteiger partial charge in [0.05, 0.1) is 11.5 Å². The molecule has 0 aliphatic carbocycles. The standard InChI is InChI=1S/C10H11N3O2S/c1-10(2,3)6-4-5-11-7(12-6)8-13-16-9(14)15-8/h4-5H,1-3H3. The highest BCUT2D eigenvalue weighted by atomic mass is 32.1. The quantitative estimate of drug-likeness (QED) is 0.757. The van der Waals surface area contributed by atoms with E-state index in [-0.39, 0.29) is 11.3 Å². The molecule has 2 aromatic rings. The maximum absolute atomic E-state index is 10.9. The van der Waals surface area contributed by atoms with Gasteiger partial charge >= 0.3 is 4.94 Å². The van der Waals surface area contributed by atoms with E-state index in [1.807, 2.05) is 6.07 Å². The third kappa shape index (κ3) is 2.16. The average Bonchev–Trinajstić information content (AvgIpc) is 2.64. The Bertz CT molecular complexity index is 553. The number of nitrogens with zero attached hydrogens (tertiary/aromatic N) is 3. The molecule has 0 spiro atoms. The molecule has 0 saturated carbocycles. The zero-order valence-corrected chi connectivity index (χ0v) is 10.0. The molecule has 0 fully saturated rings. The van der Waals surface area contributed by atoms with E-state index in [2.05, 4.69) is 35.1 Å². The van der Waals surface area contributed by atoms with Crippen LogP contribution < -0.4 is 4.94 Å². The topological polar surface area (TPSA) is 68.9 Å². The maximum Gasteiger partial charge on any atom is 0.414 e. The van der Waals surface area contributed by atoms with E-state index in [0.717, 1.165) is 17.2 Å². The van der Waals surface area contributed by atoms with Crippen LogP contribution in [0.5, 0.6) is 0 Å². The van der Waals surface area contributed by atoms with Crippen LogP contribution in [0.25, 0.3) is 11.7 Å². The van der Waals surface area contributed by atoms with E-state index in [9.17, 15) is 4.79 Å². The minimum Gasteiger partial charge on any atom is -0.390 e. The van der Waals surface area contributed by atoms with Gasteiger partial charge in [0.1, 0.15) is 0 Å². The van der Waals surface area contributed by atoms with Gasteiger partial charge in [-0.1, -0.05) is 20.8 Å². The van der Waals surface area contributed by atoms with E-state index in [1.165, 1.54) is 0 Å². The molecule has 84 valence electrons. The minimum absolute atomic E-state index is 0.0754. The van der Waals surface area contributed by atoms with Gasteiger partial charge in [-0.15, -0.1) is 4.37 Å². The monoisotopic (exact) mass is 237 g/mol. The van der Waals surface area contributed by atoms with E-state index in [1.54, 1.807) is 6.20 Å². The number of aromatic nitrogens is 3. The van der Waals surface area contributed by atoms with Gasteiger partial charge < -0.3 is 4.42 Å². The van der Waals surface area contributed by atoms with Gasteiger partial charge in [-0.25, -0.2) is 14.8 Å². The third-order valence-electron chi connectivity index (χ3n) is 2.00. The minimum atomic E-state index is -0.445. The molecule has 5 nitrogen and oxygen atoms in total. The molecule has 0 aliphatic rings. The molecular weight excluding hydrogens is 226 g/mol. The SMILES string of the molecule is CC(C)(C)c1ccnc(-c2nsc(=O)o2)n1. The fraction of sp³-hybridized carbons (Fsp3) is 0.400. The van der Waals surface area contributed by atoms with Crippen LogP contribution in [-0.2, 0) is 5.41 Å².